The van der Waals surface area contributed by atoms with Gasteiger partial charge in [-0.3, -0.25) is 4.79 Å². The molecular weight excluding hydrogens is 383 g/mol. The molecular formula is C24H33FN2O3. The van der Waals surface area contributed by atoms with Gasteiger partial charge in [0.15, 0.2) is 11.6 Å². The van der Waals surface area contributed by atoms with Crippen LogP contribution in [0.15, 0.2) is 24.3 Å². The Morgan fingerprint density at radius 1 is 1.17 bits per heavy atom. The van der Waals surface area contributed by atoms with E-state index in [9.17, 15) is 9.18 Å². The summed E-state index contributed by atoms with van der Waals surface area (Å²) in [6.07, 6.45) is 6.66. The van der Waals surface area contributed by atoms with E-state index in [1.807, 2.05) is 11.0 Å². The van der Waals surface area contributed by atoms with Crippen molar-refractivity contribution in [3.05, 3.63) is 35.7 Å². The van der Waals surface area contributed by atoms with Gasteiger partial charge in [0.25, 0.3) is 0 Å². The molecule has 0 radical (unpaired) electrons. The van der Waals surface area contributed by atoms with Gasteiger partial charge in [0.2, 0.25) is 5.91 Å². The lowest BCUT2D eigenvalue weighted by molar-refractivity contribution is -0.139. The number of rotatable bonds is 5. The number of morpholine rings is 1. The zero-order chi connectivity index (χ0) is 20.9. The first kappa shape index (κ1) is 21.3. The van der Waals surface area contributed by atoms with Gasteiger partial charge < -0.3 is 19.3 Å². The third kappa shape index (κ3) is 5.22. The zero-order valence-corrected chi connectivity index (χ0v) is 17.9. The highest BCUT2D eigenvalue weighted by atomic mass is 19.1. The molecule has 0 bridgehead atoms. The molecule has 6 heteroatoms. The lowest BCUT2D eigenvalue weighted by atomic mass is 9.85. The number of ether oxygens (including phenoxy) is 2. The maximum absolute atomic E-state index is 14.6. The van der Waals surface area contributed by atoms with E-state index in [1.165, 1.54) is 0 Å². The van der Waals surface area contributed by atoms with Crippen LogP contribution in [0.4, 0.5) is 4.39 Å². The number of likely N-dealkylation sites (tertiary alicyclic amines) is 1. The van der Waals surface area contributed by atoms with Crippen LogP contribution in [0.3, 0.4) is 0 Å². The summed E-state index contributed by atoms with van der Waals surface area (Å²) in [5.41, 5.74) is 2.03. The second kappa shape index (κ2) is 9.92. The number of hydrogen-bond donors (Lipinski definition) is 0. The molecule has 0 N–H and O–H groups in total. The minimum atomic E-state index is -0.298. The van der Waals surface area contributed by atoms with Crippen molar-refractivity contribution < 1.29 is 18.7 Å². The average Bonchev–Trinajstić information content (AvgIpc) is 2.79. The normalized spacial score (nSPS) is 23.9. The maximum Gasteiger partial charge on any atom is 0.226 e. The predicted octanol–water partition coefficient (Wildman–Crippen LogP) is 3.59. The molecule has 0 saturated carbocycles. The number of benzene rings is 1. The van der Waals surface area contributed by atoms with Crippen LogP contribution in [0, 0.1) is 17.7 Å². The molecule has 0 spiro atoms. The second-order valence-electron chi connectivity index (χ2n) is 8.84. The number of nitrogens with zero attached hydrogens (tertiary/aromatic N) is 2. The van der Waals surface area contributed by atoms with Crippen LogP contribution in [0.1, 0.15) is 37.7 Å². The van der Waals surface area contributed by atoms with Gasteiger partial charge in [0.1, 0.15) is 0 Å². The molecule has 1 aromatic carbocycles. The van der Waals surface area contributed by atoms with Gasteiger partial charge in [-0.2, -0.15) is 0 Å². The highest BCUT2D eigenvalue weighted by molar-refractivity contribution is 5.81. The van der Waals surface area contributed by atoms with E-state index < -0.39 is 0 Å². The first-order chi connectivity index (χ1) is 14.6. The van der Waals surface area contributed by atoms with Crippen LogP contribution in [-0.2, 0) is 9.53 Å². The van der Waals surface area contributed by atoms with Crippen molar-refractivity contribution >= 4 is 11.5 Å². The third-order valence-corrected chi connectivity index (χ3v) is 6.70. The van der Waals surface area contributed by atoms with E-state index in [0.29, 0.717) is 44.6 Å². The minimum Gasteiger partial charge on any atom is -0.490 e. The Labute approximate surface area is 178 Å². The van der Waals surface area contributed by atoms with E-state index in [-0.39, 0.29) is 17.6 Å². The molecule has 5 nitrogen and oxygen atoms in total. The first-order valence-electron chi connectivity index (χ1n) is 11.3. The van der Waals surface area contributed by atoms with Crippen LogP contribution in [0.5, 0.6) is 5.75 Å². The van der Waals surface area contributed by atoms with E-state index in [4.69, 9.17) is 9.47 Å². The molecule has 1 atom stereocenters. The van der Waals surface area contributed by atoms with Crippen molar-refractivity contribution in [2.45, 2.75) is 32.1 Å². The number of hydrogen-bond acceptors (Lipinski definition) is 4. The van der Waals surface area contributed by atoms with Crippen molar-refractivity contribution in [2.24, 2.45) is 11.8 Å². The average molecular weight is 417 g/mol. The fourth-order valence-corrected chi connectivity index (χ4v) is 4.62. The number of allylic oxidation sites excluding steroid dienone is 2. The second-order valence-corrected chi connectivity index (χ2v) is 8.84. The molecule has 0 aromatic heterocycles. The summed E-state index contributed by atoms with van der Waals surface area (Å²) in [6.45, 7) is 5.39. The number of amides is 1. The Morgan fingerprint density at radius 2 is 1.93 bits per heavy atom. The van der Waals surface area contributed by atoms with Crippen molar-refractivity contribution in [3.8, 4) is 5.75 Å². The monoisotopic (exact) mass is 416 g/mol. The summed E-state index contributed by atoms with van der Waals surface area (Å²) in [7, 11) is 2.14. The van der Waals surface area contributed by atoms with Crippen LogP contribution in [-0.4, -0.2) is 68.8 Å². The summed E-state index contributed by atoms with van der Waals surface area (Å²) in [4.78, 5) is 16.9. The van der Waals surface area contributed by atoms with Crippen LogP contribution < -0.4 is 4.74 Å². The summed E-state index contributed by atoms with van der Waals surface area (Å²) >= 11 is 0. The molecule has 1 amide bonds. The van der Waals surface area contributed by atoms with Gasteiger partial charge in [-0.15, -0.1) is 0 Å². The molecule has 1 unspecified atom stereocenters. The molecule has 2 saturated heterocycles. The Hall–Kier alpha value is -1.92. The molecule has 2 aliphatic heterocycles. The molecule has 4 rings (SSSR count). The Morgan fingerprint density at radius 3 is 2.60 bits per heavy atom. The standard InChI is InChI=1S/C24H33FN2O3/c1-26-10-8-18(9-11-26)17-30-23-7-6-21(16-22(23)25)19-2-4-20(5-3-19)24(28)27-12-14-29-15-13-27/h2,6-7,16,18,20H,3-5,8-15,17H2,1H3. The first-order valence-corrected chi connectivity index (χ1v) is 11.3. The fraction of sp³-hybridized carbons (Fsp3) is 0.625. The lowest BCUT2D eigenvalue weighted by Crippen LogP contribution is -2.44. The Kier molecular flexibility index (Phi) is 7.05. The molecule has 1 aromatic rings. The van der Waals surface area contributed by atoms with Gasteiger partial charge in [-0.25, -0.2) is 4.39 Å². The lowest BCUT2D eigenvalue weighted by Gasteiger charge is -2.31. The Bertz CT molecular complexity index is 768. The topological polar surface area (TPSA) is 42.0 Å². The van der Waals surface area contributed by atoms with Crippen LogP contribution in [0.2, 0.25) is 0 Å². The van der Waals surface area contributed by atoms with E-state index in [1.54, 1.807) is 12.1 Å². The van der Waals surface area contributed by atoms with Crippen LogP contribution in [0.25, 0.3) is 5.57 Å². The molecule has 30 heavy (non-hydrogen) atoms. The minimum absolute atomic E-state index is 0.0360. The van der Waals surface area contributed by atoms with Gasteiger partial charge in [0, 0.05) is 19.0 Å². The highest BCUT2D eigenvalue weighted by Crippen LogP contribution is 2.33. The summed E-state index contributed by atoms with van der Waals surface area (Å²) in [5, 5.41) is 0. The zero-order valence-electron chi connectivity index (χ0n) is 17.9. The number of halogens is 1. The highest BCUT2D eigenvalue weighted by Gasteiger charge is 2.27. The van der Waals surface area contributed by atoms with Gasteiger partial charge in [0.05, 0.1) is 19.8 Å². The SMILES string of the molecule is CN1CCC(COc2ccc(C3=CCC(C(=O)N4CCOCC4)CC3)cc2F)CC1. The van der Waals surface area contributed by atoms with E-state index in [2.05, 4.69) is 18.0 Å². The molecule has 1 aliphatic carbocycles. The smallest absolute Gasteiger partial charge is 0.226 e. The van der Waals surface area contributed by atoms with Crippen molar-refractivity contribution in [2.75, 3.05) is 53.0 Å². The quantitative estimate of drug-likeness (QED) is 0.736. The van der Waals surface area contributed by atoms with Gasteiger partial charge in [-0.05, 0) is 81.4 Å². The molecule has 2 heterocycles. The van der Waals surface area contributed by atoms with Crippen molar-refractivity contribution in [1.82, 2.24) is 9.80 Å². The predicted molar refractivity (Wildman–Crippen MR) is 115 cm³/mol. The Balaban J connectivity index is 1.31. The van der Waals surface area contributed by atoms with Crippen LogP contribution >= 0.6 is 0 Å². The number of carbonyl (C=O) groups is 1. The summed E-state index contributed by atoms with van der Waals surface area (Å²) in [6, 6.07) is 5.29. The van der Waals surface area contributed by atoms with Gasteiger partial charge >= 0.3 is 0 Å². The van der Waals surface area contributed by atoms with E-state index in [0.717, 1.165) is 56.3 Å². The largest absolute Gasteiger partial charge is 0.490 e. The maximum atomic E-state index is 14.6. The molecule has 164 valence electrons. The number of carbonyl (C=O) groups excluding carboxylic acids is 1. The van der Waals surface area contributed by atoms with E-state index >= 15 is 0 Å². The number of piperidine rings is 1. The summed E-state index contributed by atoms with van der Waals surface area (Å²) < 4.78 is 25.8. The fourth-order valence-electron chi connectivity index (χ4n) is 4.62. The summed E-state index contributed by atoms with van der Waals surface area (Å²) in [5.74, 6) is 0.816. The van der Waals surface area contributed by atoms with Crippen molar-refractivity contribution in [3.63, 3.8) is 0 Å². The van der Waals surface area contributed by atoms with Gasteiger partial charge in [-0.1, -0.05) is 12.1 Å². The van der Waals surface area contributed by atoms with Crippen molar-refractivity contribution in [1.29, 1.82) is 0 Å². The molecule has 3 aliphatic rings. The third-order valence-electron chi connectivity index (χ3n) is 6.70. The molecule has 2 fully saturated rings.